The fraction of sp³-hybridized carbons (Fsp3) is 0.700. The smallest absolute Gasteiger partial charge is 0.226 e. The number of amides is 1. The highest BCUT2D eigenvalue weighted by molar-refractivity contribution is 7.09. The zero-order valence-corrected chi connectivity index (χ0v) is 10.1. The SMILES string of the molecule is CCCCCC(=O)Nc1nc(CC)ns1. The fourth-order valence-electron chi connectivity index (χ4n) is 1.17. The van der Waals surface area contributed by atoms with Gasteiger partial charge in [-0.2, -0.15) is 4.37 Å². The standard InChI is InChI=1S/C10H17N3OS/c1-3-5-6-7-9(14)12-10-11-8(4-2)13-15-10/h3-7H2,1-2H3,(H,11,12,13,14). The van der Waals surface area contributed by atoms with Crippen LogP contribution in [-0.4, -0.2) is 15.3 Å². The van der Waals surface area contributed by atoms with Gasteiger partial charge >= 0.3 is 0 Å². The molecule has 1 N–H and O–H groups in total. The summed E-state index contributed by atoms with van der Waals surface area (Å²) in [6.07, 6.45) is 4.56. The van der Waals surface area contributed by atoms with Crippen LogP contribution in [0, 0.1) is 0 Å². The van der Waals surface area contributed by atoms with Gasteiger partial charge in [-0.3, -0.25) is 4.79 Å². The van der Waals surface area contributed by atoms with E-state index in [1.807, 2.05) is 6.92 Å². The molecule has 0 saturated carbocycles. The zero-order valence-electron chi connectivity index (χ0n) is 9.25. The number of rotatable bonds is 6. The van der Waals surface area contributed by atoms with E-state index in [4.69, 9.17) is 0 Å². The molecule has 1 heterocycles. The maximum Gasteiger partial charge on any atom is 0.226 e. The van der Waals surface area contributed by atoms with Gasteiger partial charge in [0.2, 0.25) is 11.0 Å². The first-order chi connectivity index (χ1) is 7.26. The number of nitrogens with zero attached hydrogens (tertiary/aromatic N) is 2. The van der Waals surface area contributed by atoms with Crippen LogP contribution in [0.1, 0.15) is 45.4 Å². The molecule has 1 aromatic heterocycles. The Morgan fingerprint density at radius 3 is 2.80 bits per heavy atom. The number of anilines is 1. The van der Waals surface area contributed by atoms with Gasteiger partial charge in [0.1, 0.15) is 5.82 Å². The second-order valence-electron chi connectivity index (χ2n) is 3.37. The molecular weight excluding hydrogens is 210 g/mol. The van der Waals surface area contributed by atoms with Gasteiger partial charge in [0.05, 0.1) is 0 Å². The van der Waals surface area contributed by atoms with Gasteiger partial charge in [-0.15, -0.1) is 0 Å². The van der Waals surface area contributed by atoms with Crippen molar-refractivity contribution in [3.05, 3.63) is 5.82 Å². The van der Waals surface area contributed by atoms with Gasteiger partial charge in [-0.1, -0.05) is 26.7 Å². The lowest BCUT2D eigenvalue weighted by molar-refractivity contribution is -0.116. The minimum absolute atomic E-state index is 0.0438. The van der Waals surface area contributed by atoms with Crippen molar-refractivity contribution in [1.29, 1.82) is 0 Å². The number of unbranched alkanes of at least 4 members (excludes halogenated alkanes) is 2. The Bertz CT molecular complexity index is 311. The Morgan fingerprint density at radius 2 is 2.20 bits per heavy atom. The normalized spacial score (nSPS) is 10.3. The third kappa shape index (κ3) is 4.38. The summed E-state index contributed by atoms with van der Waals surface area (Å²) in [5.41, 5.74) is 0. The molecule has 0 spiro atoms. The van der Waals surface area contributed by atoms with Crippen molar-refractivity contribution in [2.24, 2.45) is 0 Å². The molecule has 4 nitrogen and oxygen atoms in total. The van der Waals surface area contributed by atoms with Crippen molar-refractivity contribution in [3.63, 3.8) is 0 Å². The molecular formula is C10H17N3OS. The van der Waals surface area contributed by atoms with E-state index in [2.05, 4.69) is 21.6 Å². The third-order valence-electron chi connectivity index (χ3n) is 2.04. The van der Waals surface area contributed by atoms with Crippen molar-refractivity contribution in [3.8, 4) is 0 Å². The summed E-state index contributed by atoms with van der Waals surface area (Å²) in [5, 5.41) is 3.38. The highest BCUT2D eigenvalue weighted by atomic mass is 32.1. The second-order valence-corrected chi connectivity index (χ2v) is 4.13. The molecule has 0 fully saturated rings. The average molecular weight is 227 g/mol. The summed E-state index contributed by atoms with van der Waals surface area (Å²) in [5.74, 6) is 0.839. The van der Waals surface area contributed by atoms with Gasteiger partial charge < -0.3 is 5.32 Å². The Labute approximate surface area is 94.3 Å². The third-order valence-corrected chi connectivity index (χ3v) is 2.71. The van der Waals surface area contributed by atoms with Crippen LogP contribution < -0.4 is 5.32 Å². The first kappa shape index (κ1) is 12.1. The van der Waals surface area contributed by atoms with Crippen molar-refractivity contribution < 1.29 is 4.79 Å². The number of aromatic nitrogens is 2. The summed E-state index contributed by atoms with van der Waals surface area (Å²) in [7, 11) is 0. The topological polar surface area (TPSA) is 54.9 Å². The van der Waals surface area contributed by atoms with Crippen molar-refractivity contribution in [2.75, 3.05) is 5.32 Å². The summed E-state index contributed by atoms with van der Waals surface area (Å²) in [6.45, 7) is 4.12. The van der Waals surface area contributed by atoms with Crippen LogP contribution in [0.4, 0.5) is 5.13 Å². The molecule has 84 valence electrons. The number of hydrogen-bond acceptors (Lipinski definition) is 4. The molecule has 0 unspecified atom stereocenters. The monoisotopic (exact) mass is 227 g/mol. The minimum Gasteiger partial charge on any atom is -0.301 e. The van der Waals surface area contributed by atoms with E-state index in [0.717, 1.165) is 31.5 Å². The average Bonchev–Trinajstić information content (AvgIpc) is 2.66. The Balaban J connectivity index is 2.31. The molecule has 1 aromatic rings. The van der Waals surface area contributed by atoms with Crippen LogP contribution in [0.25, 0.3) is 0 Å². The maximum atomic E-state index is 11.4. The lowest BCUT2D eigenvalue weighted by atomic mass is 10.2. The van der Waals surface area contributed by atoms with Crippen LogP contribution in [0.15, 0.2) is 0 Å². The number of carbonyl (C=O) groups excluding carboxylic acids is 1. The number of aryl methyl sites for hydroxylation is 1. The number of nitrogens with one attached hydrogen (secondary N) is 1. The van der Waals surface area contributed by atoms with Gasteiger partial charge in [0.15, 0.2) is 0 Å². The molecule has 0 aromatic carbocycles. The zero-order chi connectivity index (χ0) is 11.1. The van der Waals surface area contributed by atoms with Gasteiger partial charge in [0, 0.05) is 24.4 Å². The Kier molecular flexibility index (Phi) is 5.25. The molecule has 0 aliphatic carbocycles. The van der Waals surface area contributed by atoms with Gasteiger partial charge in [-0.25, -0.2) is 4.98 Å². The van der Waals surface area contributed by atoms with Crippen LogP contribution >= 0.6 is 11.5 Å². The van der Waals surface area contributed by atoms with E-state index in [0.29, 0.717) is 11.6 Å². The van der Waals surface area contributed by atoms with Crippen molar-refractivity contribution in [2.45, 2.75) is 46.0 Å². The van der Waals surface area contributed by atoms with Crippen molar-refractivity contribution in [1.82, 2.24) is 9.36 Å². The number of carbonyl (C=O) groups is 1. The molecule has 1 amide bonds. The molecule has 0 atom stereocenters. The van der Waals surface area contributed by atoms with E-state index in [1.54, 1.807) is 0 Å². The highest BCUT2D eigenvalue weighted by Gasteiger charge is 2.06. The number of hydrogen-bond donors (Lipinski definition) is 1. The molecule has 0 aliphatic heterocycles. The fourth-order valence-corrected chi connectivity index (χ4v) is 1.83. The molecule has 1 rings (SSSR count). The van der Waals surface area contributed by atoms with Gasteiger partial charge in [-0.05, 0) is 6.42 Å². The van der Waals surface area contributed by atoms with E-state index < -0.39 is 0 Å². The predicted molar refractivity (Wildman–Crippen MR) is 62.1 cm³/mol. The minimum atomic E-state index is 0.0438. The van der Waals surface area contributed by atoms with E-state index in [1.165, 1.54) is 11.5 Å². The summed E-state index contributed by atoms with van der Waals surface area (Å²) in [6, 6.07) is 0. The summed E-state index contributed by atoms with van der Waals surface area (Å²) in [4.78, 5) is 15.6. The molecule has 0 aliphatic rings. The van der Waals surface area contributed by atoms with Crippen LogP contribution in [0.5, 0.6) is 0 Å². The first-order valence-corrected chi connectivity index (χ1v) is 6.16. The molecule has 5 heteroatoms. The van der Waals surface area contributed by atoms with E-state index >= 15 is 0 Å². The largest absolute Gasteiger partial charge is 0.301 e. The predicted octanol–water partition coefficient (Wildman–Crippen LogP) is 2.62. The van der Waals surface area contributed by atoms with Crippen LogP contribution in [-0.2, 0) is 11.2 Å². The molecule has 0 bridgehead atoms. The first-order valence-electron chi connectivity index (χ1n) is 5.38. The van der Waals surface area contributed by atoms with Crippen molar-refractivity contribution >= 4 is 22.6 Å². The Morgan fingerprint density at radius 1 is 1.40 bits per heavy atom. The quantitative estimate of drug-likeness (QED) is 0.760. The van der Waals surface area contributed by atoms with E-state index in [-0.39, 0.29) is 5.91 Å². The highest BCUT2D eigenvalue weighted by Crippen LogP contribution is 2.12. The summed E-state index contributed by atoms with van der Waals surface area (Å²) < 4.78 is 4.10. The molecule has 0 radical (unpaired) electrons. The lowest BCUT2D eigenvalue weighted by Gasteiger charge is -1.99. The lowest BCUT2D eigenvalue weighted by Crippen LogP contribution is -2.10. The second kappa shape index (κ2) is 6.50. The molecule has 15 heavy (non-hydrogen) atoms. The maximum absolute atomic E-state index is 11.4. The molecule has 0 saturated heterocycles. The van der Waals surface area contributed by atoms with Crippen LogP contribution in [0.2, 0.25) is 0 Å². The van der Waals surface area contributed by atoms with Crippen LogP contribution in [0.3, 0.4) is 0 Å². The van der Waals surface area contributed by atoms with E-state index in [9.17, 15) is 4.79 Å². The summed E-state index contributed by atoms with van der Waals surface area (Å²) >= 11 is 1.25. The van der Waals surface area contributed by atoms with Gasteiger partial charge in [0.25, 0.3) is 0 Å². The Hall–Kier alpha value is -0.970.